The number of aryl methyl sites for hydroxylation is 1. The smallest absolute Gasteiger partial charge is 0.342 e. The first-order chi connectivity index (χ1) is 6.67. The molecule has 1 aliphatic heterocycles. The zero-order chi connectivity index (χ0) is 10.2. The molecule has 0 radical (unpaired) electrons. The molecule has 0 aromatic carbocycles. The van der Waals surface area contributed by atoms with Gasteiger partial charge in [0.1, 0.15) is 5.69 Å². The molecule has 1 atom stereocenters. The van der Waals surface area contributed by atoms with E-state index in [4.69, 9.17) is 9.84 Å². The van der Waals surface area contributed by atoms with Gasteiger partial charge in [-0.15, -0.1) is 5.10 Å². The number of carboxylic acid groups (broad SMARTS) is 1. The number of aromatic nitrogens is 3. The third kappa shape index (κ3) is 1.11. The monoisotopic (exact) mass is 197 g/mol. The molecule has 0 amide bonds. The van der Waals surface area contributed by atoms with Gasteiger partial charge in [0.2, 0.25) is 5.60 Å². The van der Waals surface area contributed by atoms with Gasteiger partial charge in [-0.2, -0.15) is 0 Å². The maximum absolute atomic E-state index is 11.2. The van der Waals surface area contributed by atoms with Crippen LogP contribution in [0.15, 0.2) is 6.20 Å². The van der Waals surface area contributed by atoms with Gasteiger partial charge in [0, 0.05) is 13.7 Å². The van der Waals surface area contributed by atoms with Crippen LogP contribution in [0.5, 0.6) is 0 Å². The molecular formula is C8H11N3O3. The average Bonchev–Trinajstić information content (AvgIpc) is 2.72. The topological polar surface area (TPSA) is 77.2 Å². The number of hydrogen-bond donors (Lipinski definition) is 1. The van der Waals surface area contributed by atoms with Crippen LogP contribution in [0.25, 0.3) is 0 Å². The molecule has 76 valence electrons. The fourth-order valence-electron chi connectivity index (χ4n) is 1.78. The van der Waals surface area contributed by atoms with E-state index in [0.717, 1.165) is 6.42 Å². The number of hydrogen-bond acceptors (Lipinski definition) is 4. The number of aliphatic carboxylic acids is 1. The molecule has 0 aliphatic carbocycles. The molecule has 6 nitrogen and oxygen atoms in total. The minimum absolute atomic E-state index is 0.470. The van der Waals surface area contributed by atoms with Crippen molar-refractivity contribution in [3.63, 3.8) is 0 Å². The van der Waals surface area contributed by atoms with Crippen LogP contribution >= 0.6 is 0 Å². The number of carboxylic acids is 1. The van der Waals surface area contributed by atoms with Gasteiger partial charge in [0.15, 0.2) is 0 Å². The first-order valence-corrected chi connectivity index (χ1v) is 4.39. The number of nitrogens with zero attached hydrogens (tertiary/aromatic N) is 3. The standard InChI is InChI=1S/C8H11N3O3/c1-11-6(5-9-10-11)8(7(12)13)3-2-4-14-8/h5H,2-4H2,1H3,(H,12,13). The van der Waals surface area contributed by atoms with E-state index in [2.05, 4.69) is 10.3 Å². The van der Waals surface area contributed by atoms with Crippen LogP contribution in [0.3, 0.4) is 0 Å². The lowest BCUT2D eigenvalue weighted by molar-refractivity contribution is -0.162. The number of ether oxygens (including phenoxy) is 1. The Morgan fingerprint density at radius 3 is 3.00 bits per heavy atom. The Morgan fingerprint density at radius 2 is 2.57 bits per heavy atom. The highest BCUT2D eigenvalue weighted by Gasteiger charge is 2.47. The van der Waals surface area contributed by atoms with E-state index in [1.54, 1.807) is 7.05 Å². The summed E-state index contributed by atoms with van der Waals surface area (Å²) in [5.41, 5.74) is -0.736. The molecule has 1 aromatic rings. The zero-order valence-electron chi connectivity index (χ0n) is 7.80. The summed E-state index contributed by atoms with van der Waals surface area (Å²) in [6.07, 6.45) is 2.67. The summed E-state index contributed by atoms with van der Waals surface area (Å²) >= 11 is 0. The molecule has 2 rings (SSSR count). The molecule has 6 heteroatoms. The lowest BCUT2D eigenvalue weighted by atomic mass is 9.97. The van der Waals surface area contributed by atoms with Crippen molar-refractivity contribution >= 4 is 5.97 Å². The zero-order valence-corrected chi connectivity index (χ0v) is 7.80. The van der Waals surface area contributed by atoms with Gasteiger partial charge < -0.3 is 9.84 Å². The van der Waals surface area contributed by atoms with Crippen LogP contribution in [0, 0.1) is 0 Å². The second-order valence-electron chi connectivity index (χ2n) is 3.33. The largest absolute Gasteiger partial charge is 0.479 e. The Labute approximate surface area is 80.5 Å². The summed E-state index contributed by atoms with van der Waals surface area (Å²) in [4.78, 5) is 11.2. The minimum atomic E-state index is -1.24. The molecule has 1 aromatic heterocycles. The SMILES string of the molecule is Cn1nncc1C1(C(=O)O)CCCO1. The van der Waals surface area contributed by atoms with E-state index < -0.39 is 11.6 Å². The summed E-state index contributed by atoms with van der Waals surface area (Å²) in [7, 11) is 1.66. The van der Waals surface area contributed by atoms with E-state index in [0.29, 0.717) is 18.7 Å². The van der Waals surface area contributed by atoms with Crippen LogP contribution < -0.4 is 0 Å². The molecule has 0 bridgehead atoms. The van der Waals surface area contributed by atoms with Gasteiger partial charge in [-0.25, -0.2) is 9.48 Å². The van der Waals surface area contributed by atoms with Crippen LogP contribution in [0.1, 0.15) is 18.5 Å². The first-order valence-electron chi connectivity index (χ1n) is 4.39. The molecule has 1 fully saturated rings. The highest BCUT2D eigenvalue weighted by Crippen LogP contribution is 2.35. The van der Waals surface area contributed by atoms with Gasteiger partial charge in [-0.05, 0) is 12.8 Å². The second-order valence-corrected chi connectivity index (χ2v) is 3.33. The molecule has 0 spiro atoms. The molecule has 1 unspecified atom stereocenters. The Balaban J connectivity index is 2.46. The predicted octanol–water partition coefficient (Wildman–Crippen LogP) is -0.0946. The van der Waals surface area contributed by atoms with Gasteiger partial charge >= 0.3 is 5.97 Å². The fourth-order valence-corrected chi connectivity index (χ4v) is 1.78. The van der Waals surface area contributed by atoms with Crippen LogP contribution in [-0.2, 0) is 22.2 Å². The summed E-state index contributed by atoms with van der Waals surface area (Å²) in [5, 5.41) is 16.5. The maximum Gasteiger partial charge on any atom is 0.342 e. The van der Waals surface area contributed by atoms with Crippen molar-refractivity contribution < 1.29 is 14.6 Å². The molecule has 14 heavy (non-hydrogen) atoms. The Morgan fingerprint density at radius 1 is 1.79 bits per heavy atom. The van der Waals surface area contributed by atoms with Crippen LogP contribution in [-0.4, -0.2) is 32.7 Å². The molecule has 1 saturated heterocycles. The molecule has 1 N–H and O–H groups in total. The Bertz CT molecular complexity index is 354. The third-order valence-corrected chi connectivity index (χ3v) is 2.50. The van der Waals surface area contributed by atoms with Crippen molar-refractivity contribution in [1.29, 1.82) is 0 Å². The molecular weight excluding hydrogens is 186 g/mol. The average molecular weight is 197 g/mol. The predicted molar refractivity (Wildman–Crippen MR) is 45.5 cm³/mol. The summed E-state index contributed by atoms with van der Waals surface area (Å²) < 4.78 is 6.77. The highest BCUT2D eigenvalue weighted by molar-refractivity contribution is 5.79. The van der Waals surface area contributed by atoms with Gasteiger partial charge in [0.25, 0.3) is 0 Å². The van der Waals surface area contributed by atoms with E-state index in [1.807, 2.05) is 0 Å². The fraction of sp³-hybridized carbons (Fsp3) is 0.625. The molecule has 2 heterocycles. The maximum atomic E-state index is 11.2. The Hall–Kier alpha value is -1.43. The molecule has 0 saturated carbocycles. The first kappa shape index (κ1) is 9.14. The normalized spacial score (nSPS) is 26.6. The lowest BCUT2D eigenvalue weighted by Gasteiger charge is -2.22. The van der Waals surface area contributed by atoms with Crippen LogP contribution in [0.4, 0.5) is 0 Å². The number of rotatable bonds is 2. The van der Waals surface area contributed by atoms with E-state index in [1.165, 1.54) is 10.9 Å². The van der Waals surface area contributed by atoms with Crippen molar-refractivity contribution in [2.24, 2.45) is 7.05 Å². The second kappa shape index (κ2) is 3.06. The van der Waals surface area contributed by atoms with E-state index in [9.17, 15) is 4.79 Å². The van der Waals surface area contributed by atoms with Gasteiger partial charge in [-0.1, -0.05) is 5.21 Å². The van der Waals surface area contributed by atoms with Crippen molar-refractivity contribution in [3.8, 4) is 0 Å². The molecule has 1 aliphatic rings. The highest BCUT2D eigenvalue weighted by atomic mass is 16.5. The number of carbonyl (C=O) groups is 1. The summed E-state index contributed by atoms with van der Waals surface area (Å²) in [6, 6.07) is 0. The third-order valence-electron chi connectivity index (χ3n) is 2.50. The summed E-state index contributed by atoms with van der Waals surface area (Å²) in [5.74, 6) is -0.972. The van der Waals surface area contributed by atoms with E-state index >= 15 is 0 Å². The van der Waals surface area contributed by atoms with Crippen LogP contribution in [0.2, 0.25) is 0 Å². The minimum Gasteiger partial charge on any atom is -0.479 e. The van der Waals surface area contributed by atoms with Crippen molar-refractivity contribution in [2.75, 3.05) is 6.61 Å². The summed E-state index contributed by atoms with van der Waals surface area (Å²) in [6.45, 7) is 0.470. The van der Waals surface area contributed by atoms with Gasteiger partial charge in [-0.3, -0.25) is 0 Å². The quantitative estimate of drug-likeness (QED) is 0.716. The lowest BCUT2D eigenvalue weighted by Crippen LogP contribution is -2.36. The van der Waals surface area contributed by atoms with Crippen molar-refractivity contribution in [1.82, 2.24) is 15.0 Å². The van der Waals surface area contributed by atoms with Crippen molar-refractivity contribution in [2.45, 2.75) is 18.4 Å². The Kier molecular flexibility index (Phi) is 1.99. The van der Waals surface area contributed by atoms with Crippen molar-refractivity contribution in [3.05, 3.63) is 11.9 Å². The van der Waals surface area contributed by atoms with Gasteiger partial charge in [0.05, 0.1) is 6.20 Å². The van der Waals surface area contributed by atoms with E-state index in [-0.39, 0.29) is 0 Å².